The van der Waals surface area contributed by atoms with Gasteiger partial charge in [-0.1, -0.05) is 0 Å². The van der Waals surface area contributed by atoms with E-state index in [0.29, 0.717) is 11.7 Å². The van der Waals surface area contributed by atoms with Crippen molar-refractivity contribution in [3.63, 3.8) is 0 Å². The Hall–Kier alpha value is -1.09. The van der Waals surface area contributed by atoms with Crippen molar-refractivity contribution in [3.05, 3.63) is 17.1 Å². The molecule has 1 fully saturated rings. The van der Waals surface area contributed by atoms with Gasteiger partial charge in [0.2, 0.25) is 0 Å². The molecule has 0 aromatic carbocycles. The van der Waals surface area contributed by atoms with Crippen LogP contribution in [0.4, 0.5) is 5.82 Å². The fourth-order valence-electron chi connectivity index (χ4n) is 2.37. The second-order valence-corrected chi connectivity index (χ2v) is 5.22. The van der Waals surface area contributed by atoms with E-state index in [-0.39, 0.29) is 24.7 Å². The first kappa shape index (κ1) is 17.0. The topological polar surface area (TPSA) is 72.4 Å². The average Bonchev–Trinajstić information content (AvgIpc) is 2.81. The molecular formula is C13H19LiN4O2. The van der Waals surface area contributed by atoms with Crippen LogP contribution < -0.4 is 28.9 Å². The fraction of sp³-hybridized carbons (Fsp3) is 0.615. The zero-order valence-electron chi connectivity index (χ0n) is 12.8. The monoisotopic (exact) mass is 270 g/mol. The molecule has 0 saturated carbocycles. The molecule has 1 aromatic heterocycles. The maximum absolute atomic E-state index is 10.9. The van der Waals surface area contributed by atoms with Gasteiger partial charge in [0.25, 0.3) is 0 Å². The first-order chi connectivity index (χ1) is 8.90. The third-order valence-electron chi connectivity index (χ3n) is 3.74. The first-order valence-electron chi connectivity index (χ1n) is 6.38. The largest absolute Gasteiger partial charge is 1.00 e. The fourth-order valence-corrected chi connectivity index (χ4v) is 2.37. The summed E-state index contributed by atoms with van der Waals surface area (Å²) >= 11 is 0. The summed E-state index contributed by atoms with van der Waals surface area (Å²) in [4.78, 5) is 23.3. The van der Waals surface area contributed by atoms with Crippen LogP contribution in [0.1, 0.15) is 28.3 Å². The molecule has 0 N–H and O–H groups in total. The van der Waals surface area contributed by atoms with E-state index in [9.17, 15) is 9.90 Å². The smallest absolute Gasteiger partial charge is 0.542 e. The van der Waals surface area contributed by atoms with E-state index in [1.807, 2.05) is 6.92 Å². The number of carboxylic acids is 1. The molecule has 0 unspecified atom stereocenters. The number of carboxylic acid groups (broad SMARTS) is 1. The third-order valence-corrected chi connectivity index (χ3v) is 3.74. The van der Waals surface area contributed by atoms with Crippen LogP contribution in [0.2, 0.25) is 0 Å². The number of anilines is 1. The van der Waals surface area contributed by atoms with Crippen LogP contribution in [0, 0.1) is 13.8 Å². The minimum absolute atomic E-state index is 0. The van der Waals surface area contributed by atoms with Gasteiger partial charge in [-0.25, -0.2) is 9.97 Å². The average molecular weight is 270 g/mol. The summed E-state index contributed by atoms with van der Waals surface area (Å²) in [7, 11) is 4.11. The van der Waals surface area contributed by atoms with Crippen LogP contribution in [0.3, 0.4) is 0 Å². The number of aromatic carboxylic acids is 1. The molecule has 7 heteroatoms. The van der Waals surface area contributed by atoms with Crippen LogP contribution in [-0.4, -0.2) is 54.1 Å². The molecule has 0 bridgehead atoms. The predicted molar refractivity (Wildman–Crippen MR) is 70.1 cm³/mol. The third kappa shape index (κ3) is 3.32. The molecule has 2 heterocycles. The van der Waals surface area contributed by atoms with Crippen LogP contribution in [0.5, 0.6) is 0 Å². The van der Waals surface area contributed by atoms with Gasteiger partial charge >= 0.3 is 18.9 Å². The van der Waals surface area contributed by atoms with E-state index >= 15 is 0 Å². The molecule has 1 saturated heterocycles. The number of rotatable bonds is 3. The molecular weight excluding hydrogens is 251 g/mol. The van der Waals surface area contributed by atoms with Crippen molar-refractivity contribution < 1.29 is 28.8 Å². The zero-order valence-corrected chi connectivity index (χ0v) is 12.8. The molecule has 1 aliphatic heterocycles. The van der Waals surface area contributed by atoms with Crippen LogP contribution in [-0.2, 0) is 0 Å². The summed E-state index contributed by atoms with van der Waals surface area (Å²) < 4.78 is 0. The molecule has 1 atom stereocenters. The van der Waals surface area contributed by atoms with Crippen LogP contribution in [0.15, 0.2) is 0 Å². The summed E-state index contributed by atoms with van der Waals surface area (Å²) in [6.07, 6.45) is 1.05. The molecule has 1 aliphatic rings. The van der Waals surface area contributed by atoms with E-state index in [1.54, 1.807) is 6.92 Å². The molecule has 0 aliphatic carbocycles. The second-order valence-electron chi connectivity index (χ2n) is 5.22. The van der Waals surface area contributed by atoms with E-state index < -0.39 is 5.97 Å². The standard InChI is InChI=1S/C13H20N4O2.Li/c1-8-9(2)14-11(13(18)19)15-12(8)17-6-5-10(7-17)16(3)4;/h10H,5-7H2,1-4H3,(H,18,19);/q;+1/p-1/t10-;/m1./s1. The van der Waals surface area contributed by atoms with Gasteiger partial charge in [-0.3, -0.25) is 0 Å². The Balaban J connectivity index is 0.00000200. The van der Waals surface area contributed by atoms with Crippen molar-refractivity contribution in [1.29, 1.82) is 0 Å². The van der Waals surface area contributed by atoms with E-state index in [1.165, 1.54) is 0 Å². The van der Waals surface area contributed by atoms with Crippen molar-refractivity contribution >= 4 is 11.8 Å². The Morgan fingerprint density at radius 1 is 1.35 bits per heavy atom. The molecule has 2 rings (SSSR count). The summed E-state index contributed by atoms with van der Waals surface area (Å²) in [5.74, 6) is -0.838. The van der Waals surface area contributed by atoms with Gasteiger partial charge in [-0.2, -0.15) is 0 Å². The maximum Gasteiger partial charge on any atom is 1.00 e. The maximum atomic E-state index is 10.9. The van der Waals surface area contributed by atoms with Crippen LogP contribution in [0.25, 0.3) is 0 Å². The number of likely N-dealkylation sites (N-methyl/N-ethyl adjacent to an activating group) is 1. The molecule has 20 heavy (non-hydrogen) atoms. The van der Waals surface area contributed by atoms with E-state index in [2.05, 4.69) is 33.9 Å². The summed E-state index contributed by atoms with van der Waals surface area (Å²) in [6, 6.07) is 0.473. The van der Waals surface area contributed by atoms with Gasteiger partial charge in [0, 0.05) is 30.4 Å². The number of aromatic nitrogens is 2. The minimum atomic E-state index is -1.33. The van der Waals surface area contributed by atoms with Crippen molar-refractivity contribution in [2.24, 2.45) is 0 Å². The van der Waals surface area contributed by atoms with Crippen LogP contribution >= 0.6 is 0 Å². The normalized spacial score (nSPS) is 18.2. The van der Waals surface area contributed by atoms with E-state index in [0.717, 1.165) is 30.9 Å². The number of aryl methyl sites for hydroxylation is 1. The van der Waals surface area contributed by atoms with Gasteiger partial charge in [0.05, 0.1) is 0 Å². The summed E-state index contributed by atoms with van der Waals surface area (Å²) in [5, 5.41) is 10.9. The van der Waals surface area contributed by atoms with Gasteiger partial charge in [-0.05, 0) is 34.4 Å². The molecule has 104 valence electrons. The number of hydrogen-bond donors (Lipinski definition) is 0. The van der Waals surface area contributed by atoms with Gasteiger partial charge in [-0.15, -0.1) is 0 Å². The van der Waals surface area contributed by atoms with Crippen molar-refractivity contribution in [2.75, 3.05) is 32.1 Å². The Bertz CT molecular complexity index is 507. The molecule has 6 nitrogen and oxygen atoms in total. The summed E-state index contributed by atoms with van der Waals surface area (Å²) in [6.45, 7) is 5.46. The van der Waals surface area contributed by atoms with Crippen molar-refractivity contribution in [1.82, 2.24) is 14.9 Å². The quantitative estimate of drug-likeness (QED) is 0.533. The predicted octanol–water partition coefficient (Wildman–Crippen LogP) is -3.40. The van der Waals surface area contributed by atoms with Gasteiger partial charge < -0.3 is 19.7 Å². The summed E-state index contributed by atoms with van der Waals surface area (Å²) in [5.41, 5.74) is 1.63. The first-order valence-corrected chi connectivity index (χ1v) is 6.38. The minimum Gasteiger partial charge on any atom is -0.542 e. The van der Waals surface area contributed by atoms with E-state index in [4.69, 9.17) is 0 Å². The Morgan fingerprint density at radius 3 is 2.50 bits per heavy atom. The molecule has 0 amide bonds. The Labute approximate surface area is 131 Å². The molecule has 0 spiro atoms. The van der Waals surface area contributed by atoms with Crippen molar-refractivity contribution in [3.8, 4) is 0 Å². The number of nitrogens with zero attached hydrogens (tertiary/aromatic N) is 4. The van der Waals surface area contributed by atoms with Gasteiger partial charge in [0.1, 0.15) is 11.8 Å². The number of carbonyl (C=O) groups is 1. The molecule has 1 aromatic rings. The Kier molecular flexibility index (Phi) is 5.57. The number of carbonyl (C=O) groups excluding carboxylic acids is 1. The number of hydrogen-bond acceptors (Lipinski definition) is 6. The SMILES string of the molecule is Cc1nc(C(=O)[O-])nc(N2CC[C@@H](N(C)C)C2)c1C.[Li+]. The molecule has 0 radical (unpaired) electrons. The Morgan fingerprint density at radius 2 is 2.00 bits per heavy atom. The van der Waals surface area contributed by atoms with Crippen molar-refractivity contribution in [2.45, 2.75) is 26.3 Å². The van der Waals surface area contributed by atoms with Gasteiger partial charge in [0.15, 0.2) is 5.82 Å². The second kappa shape index (κ2) is 6.57. The zero-order chi connectivity index (χ0) is 14.2.